The molecule has 1 unspecified atom stereocenters. The van der Waals surface area contributed by atoms with Crippen LogP contribution in [0.1, 0.15) is 28.3 Å². The van der Waals surface area contributed by atoms with Crippen LogP contribution in [-0.4, -0.2) is 13.6 Å². The van der Waals surface area contributed by atoms with Crippen LogP contribution in [0.15, 0.2) is 36.4 Å². The second-order valence-electron chi connectivity index (χ2n) is 5.68. The summed E-state index contributed by atoms with van der Waals surface area (Å²) in [6, 6.07) is 11.3. The highest BCUT2D eigenvalue weighted by Gasteiger charge is 2.20. The van der Waals surface area contributed by atoms with Crippen LogP contribution in [0.2, 0.25) is 0 Å². The standard InChI is InChI=1S/C18H23FN2/c1-12-6-8-17(14(3)9-12)21(4)18(11-20)15-10-13(2)5-7-16(15)19/h5-10,18H,11,20H2,1-4H3. The van der Waals surface area contributed by atoms with Gasteiger partial charge in [-0.2, -0.15) is 0 Å². The molecule has 0 radical (unpaired) electrons. The Kier molecular flexibility index (Phi) is 4.63. The molecule has 2 aromatic carbocycles. The Labute approximate surface area is 126 Å². The molecular formula is C18H23FN2. The second kappa shape index (κ2) is 6.27. The van der Waals surface area contributed by atoms with E-state index in [1.807, 2.05) is 20.0 Å². The van der Waals surface area contributed by atoms with Crippen LogP contribution in [0.5, 0.6) is 0 Å². The van der Waals surface area contributed by atoms with Gasteiger partial charge in [-0.05, 0) is 38.5 Å². The van der Waals surface area contributed by atoms with Crippen LogP contribution in [0.25, 0.3) is 0 Å². The lowest BCUT2D eigenvalue weighted by atomic mass is 10.0. The van der Waals surface area contributed by atoms with Gasteiger partial charge in [0.1, 0.15) is 5.82 Å². The summed E-state index contributed by atoms with van der Waals surface area (Å²) in [6.07, 6.45) is 0. The molecule has 2 N–H and O–H groups in total. The van der Waals surface area contributed by atoms with Gasteiger partial charge in [0.05, 0.1) is 6.04 Å². The molecule has 1 atom stereocenters. The summed E-state index contributed by atoms with van der Waals surface area (Å²) in [4.78, 5) is 2.06. The van der Waals surface area contributed by atoms with Gasteiger partial charge >= 0.3 is 0 Å². The van der Waals surface area contributed by atoms with Crippen LogP contribution in [0, 0.1) is 26.6 Å². The van der Waals surface area contributed by atoms with Crippen molar-refractivity contribution in [2.45, 2.75) is 26.8 Å². The molecule has 0 aromatic heterocycles. The highest BCUT2D eigenvalue weighted by molar-refractivity contribution is 5.55. The van der Waals surface area contributed by atoms with E-state index in [0.29, 0.717) is 12.1 Å². The smallest absolute Gasteiger partial charge is 0.128 e. The Bertz CT molecular complexity index is 637. The summed E-state index contributed by atoms with van der Waals surface area (Å²) in [7, 11) is 1.97. The van der Waals surface area contributed by atoms with Crippen LogP contribution < -0.4 is 10.6 Å². The third kappa shape index (κ3) is 3.24. The van der Waals surface area contributed by atoms with Crippen molar-refractivity contribution in [2.75, 3.05) is 18.5 Å². The van der Waals surface area contributed by atoms with E-state index in [9.17, 15) is 4.39 Å². The molecule has 112 valence electrons. The van der Waals surface area contributed by atoms with E-state index in [2.05, 4.69) is 36.9 Å². The van der Waals surface area contributed by atoms with E-state index in [1.165, 1.54) is 17.2 Å². The van der Waals surface area contributed by atoms with Gasteiger partial charge in [0.15, 0.2) is 0 Å². The number of hydrogen-bond donors (Lipinski definition) is 1. The lowest BCUT2D eigenvalue weighted by molar-refractivity contribution is 0.572. The average molecular weight is 286 g/mol. The maximum absolute atomic E-state index is 14.2. The fourth-order valence-electron chi connectivity index (χ4n) is 2.78. The Morgan fingerprint density at radius 3 is 2.29 bits per heavy atom. The predicted octanol–water partition coefficient (Wildman–Crippen LogP) is 3.89. The first-order chi connectivity index (χ1) is 9.93. The number of likely N-dealkylation sites (N-methyl/N-ethyl adjacent to an activating group) is 1. The number of benzene rings is 2. The van der Waals surface area contributed by atoms with Crippen molar-refractivity contribution in [1.82, 2.24) is 0 Å². The average Bonchev–Trinajstić information content (AvgIpc) is 2.43. The van der Waals surface area contributed by atoms with Gasteiger partial charge in [-0.1, -0.05) is 35.4 Å². The van der Waals surface area contributed by atoms with Gasteiger partial charge in [-0.3, -0.25) is 0 Å². The molecular weight excluding hydrogens is 263 g/mol. The van der Waals surface area contributed by atoms with Crippen molar-refractivity contribution in [1.29, 1.82) is 0 Å². The molecule has 0 saturated heterocycles. The molecule has 2 aromatic rings. The Balaban J connectivity index is 2.43. The summed E-state index contributed by atoms with van der Waals surface area (Å²) in [5.74, 6) is -0.201. The van der Waals surface area contributed by atoms with Gasteiger partial charge < -0.3 is 10.6 Å². The normalized spacial score (nSPS) is 12.3. The largest absolute Gasteiger partial charge is 0.366 e. The van der Waals surface area contributed by atoms with Crippen LogP contribution in [-0.2, 0) is 0 Å². The zero-order chi connectivity index (χ0) is 15.6. The zero-order valence-electron chi connectivity index (χ0n) is 13.2. The fourth-order valence-corrected chi connectivity index (χ4v) is 2.78. The lowest BCUT2D eigenvalue weighted by Gasteiger charge is -2.31. The quantitative estimate of drug-likeness (QED) is 0.924. The van der Waals surface area contributed by atoms with E-state index >= 15 is 0 Å². The third-order valence-corrected chi connectivity index (χ3v) is 3.93. The first kappa shape index (κ1) is 15.5. The highest BCUT2D eigenvalue weighted by Crippen LogP contribution is 2.30. The summed E-state index contributed by atoms with van der Waals surface area (Å²) < 4.78 is 14.2. The topological polar surface area (TPSA) is 29.3 Å². The summed E-state index contributed by atoms with van der Waals surface area (Å²) in [5.41, 5.74) is 11.1. The highest BCUT2D eigenvalue weighted by atomic mass is 19.1. The van der Waals surface area contributed by atoms with Crippen molar-refractivity contribution in [3.05, 3.63) is 64.5 Å². The molecule has 3 heteroatoms. The van der Waals surface area contributed by atoms with E-state index < -0.39 is 0 Å². The van der Waals surface area contributed by atoms with E-state index in [1.54, 1.807) is 6.07 Å². The van der Waals surface area contributed by atoms with E-state index in [-0.39, 0.29) is 11.9 Å². The Hall–Kier alpha value is -1.87. The number of hydrogen-bond acceptors (Lipinski definition) is 2. The maximum Gasteiger partial charge on any atom is 0.128 e. The SMILES string of the molecule is Cc1ccc(N(C)C(CN)c2cc(C)ccc2F)c(C)c1. The van der Waals surface area contributed by atoms with Crippen molar-refractivity contribution in [3.8, 4) is 0 Å². The van der Waals surface area contributed by atoms with Crippen molar-refractivity contribution in [3.63, 3.8) is 0 Å². The van der Waals surface area contributed by atoms with E-state index in [0.717, 1.165) is 11.3 Å². The first-order valence-electron chi connectivity index (χ1n) is 7.20. The molecule has 0 aliphatic rings. The number of halogens is 1. The number of rotatable bonds is 4. The summed E-state index contributed by atoms with van der Waals surface area (Å²) in [5, 5.41) is 0. The minimum absolute atomic E-state index is 0.175. The zero-order valence-corrected chi connectivity index (χ0v) is 13.2. The minimum atomic E-state index is -0.201. The molecule has 0 fully saturated rings. The number of aryl methyl sites for hydroxylation is 3. The van der Waals surface area contributed by atoms with Crippen molar-refractivity contribution in [2.24, 2.45) is 5.73 Å². The summed E-state index contributed by atoms with van der Waals surface area (Å²) >= 11 is 0. The third-order valence-electron chi connectivity index (χ3n) is 3.93. The second-order valence-corrected chi connectivity index (χ2v) is 5.68. The van der Waals surface area contributed by atoms with Gasteiger partial charge in [-0.25, -0.2) is 4.39 Å². The molecule has 0 aliphatic heterocycles. The first-order valence-corrected chi connectivity index (χ1v) is 7.20. The van der Waals surface area contributed by atoms with Gasteiger partial charge in [0, 0.05) is 24.8 Å². The summed E-state index contributed by atoms with van der Waals surface area (Å²) in [6.45, 7) is 6.47. The van der Waals surface area contributed by atoms with E-state index in [4.69, 9.17) is 5.73 Å². The molecule has 2 rings (SSSR count). The fraction of sp³-hybridized carbons (Fsp3) is 0.333. The molecule has 0 bridgehead atoms. The molecule has 0 spiro atoms. The van der Waals surface area contributed by atoms with Crippen LogP contribution >= 0.6 is 0 Å². The maximum atomic E-state index is 14.2. The lowest BCUT2D eigenvalue weighted by Crippen LogP contribution is -2.31. The van der Waals surface area contributed by atoms with Crippen molar-refractivity contribution < 1.29 is 4.39 Å². The Morgan fingerprint density at radius 1 is 1.05 bits per heavy atom. The van der Waals surface area contributed by atoms with Crippen molar-refractivity contribution >= 4 is 5.69 Å². The molecule has 0 amide bonds. The minimum Gasteiger partial charge on any atom is -0.366 e. The monoisotopic (exact) mass is 286 g/mol. The van der Waals surface area contributed by atoms with Gasteiger partial charge in [-0.15, -0.1) is 0 Å². The van der Waals surface area contributed by atoms with Gasteiger partial charge in [0.2, 0.25) is 0 Å². The number of anilines is 1. The number of nitrogens with zero attached hydrogens (tertiary/aromatic N) is 1. The number of nitrogens with two attached hydrogens (primary N) is 1. The molecule has 21 heavy (non-hydrogen) atoms. The molecule has 2 nitrogen and oxygen atoms in total. The molecule has 0 aliphatic carbocycles. The Morgan fingerprint density at radius 2 is 1.67 bits per heavy atom. The predicted molar refractivity (Wildman–Crippen MR) is 87.3 cm³/mol. The van der Waals surface area contributed by atoms with Crippen LogP contribution in [0.4, 0.5) is 10.1 Å². The van der Waals surface area contributed by atoms with Gasteiger partial charge in [0.25, 0.3) is 0 Å². The molecule has 0 heterocycles. The van der Waals surface area contributed by atoms with Crippen LogP contribution in [0.3, 0.4) is 0 Å². The molecule has 0 saturated carbocycles.